The third kappa shape index (κ3) is 4.94. The van der Waals surface area contributed by atoms with Crippen LogP contribution in [-0.4, -0.2) is 49.0 Å². The molecule has 0 radical (unpaired) electrons. The summed E-state index contributed by atoms with van der Waals surface area (Å²) in [6, 6.07) is 0. The Morgan fingerprint density at radius 1 is 1.43 bits per heavy atom. The molecule has 0 bridgehead atoms. The van der Waals surface area contributed by atoms with Crippen molar-refractivity contribution in [2.24, 2.45) is 11.8 Å². The first-order valence-electron chi connectivity index (χ1n) is 8.42. The van der Waals surface area contributed by atoms with E-state index in [4.69, 9.17) is 4.74 Å². The lowest BCUT2D eigenvalue weighted by Crippen LogP contribution is -2.42. The van der Waals surface area contributed by atoms with E-state index >= 15 is 0 Å². The summed E-state index contributed by atoms with van der Waals surface area (Å²) in [4.78, 5) is 12.3. The molecular weight excluding hydrogens is 268 g/mol. The Morgan fingerprint density at radius 2 is 2.24 bits per heavy atom. The van der Waals surface area contributed by atoms with Crippen LogP contribution in [0, 0.1) is 11.8 Å². The number of hydrogen-bond donors (Lipinski definition) is 3. The summed E-state index contributed by atoms with van der Waals surface area (Å²) >= 11 is 0. The quantitative estimate of drug-likeness (QED) is 0.686. The van der Waals surface area contributed by atoms with Crippen molar-refractivity contribution in [1.82, 2.24) is 10.6 Å². The number of nitrogens with one attached hydrogen (secondary N) is 2. The van der Waals surface area contributed by atoms with Gasteiger partial charge in [0.1, 0.15) is 6.10 Å². The molecule has 1 heterocycles. The van der Waals surface area contributed by atoms with E-state index in [0.717, 1.165) is 19.4 Å². The molecule has 1 saturated heterocycles. The normalized spacial score (nSPS) is 34.6. The second kappa shape index (κ2) is 8.11. The van der Waals surface area contributed by atoms with Gasteiger partial charge in [-0.2, -0.15) is 0 Å². The number of ether oxygens (including phenoxy) is 1. The number of carbonyl (C=O) groups is 1. The van der Waals surface area contributed by atoms with E-state index in [-0.39, 0.29) is 30.1 Å². The lowest BCUT2D eigenvalue weighted by molar-refractivity contribution is -0.139. The molecule has 1 aliphatic heterocycles. The largest absolute Gasteiger partial charge is 0.391 e. The Kier molecular flexibility index (Phi) is 6.45. The Balaban J connectivity index is 1.75. The Bertz CT molecular complexity index is 337. The van der Waals surface area contributed by atoms with Crippen LogP contribution in [0.5, 0.6) is 0 Å². The van der Waals surface area contributed by atoms with Gasteiger partial charge >= 0.3 is 0 Å². The number of aliphatic hydroxyl groups excluding tert-OH is 1. The van der Waals surface area contributed by atoms with Crippen LogP contribution in [0.4, 0.5) is 0 Å². The van der Waals surface area contributed by atoms with Crippen LogP contribution in [0.25, 0.3) is 0 Å². The topological polar surface area (TPSA) is 70.6 Å². The van der Waals surface area contributed by atoms with Gasteiger partial charge in [0.05, 0.1) is 12.2 Å². The van der Waals surface area contributed by atoms with Crippen molar-refractivity contribution >= 4 is 5.91 Å². The Hall–Kier alpha value is -0.650. The molecule has 122 valence electrons. The summed E-state index contributed by atoms with van der Waals surface area (Å²) in [7, 11) is 0. The highest BCUT2D eigenvalue weighted by Gasteiger charge is 2.28. The molecule has 3 N–H and O–H groups in total. The highest BCUT2D eigenvalue weighted by Crippen LogP contribution is 2.27. The van der Waals surface area contributed by atoms with E-state index in [2.05, 4.69) is 17.6 Å². The lowest BCUT2D eigenvalue weighted by Gasteiger charge is -2.30. The number of hydrogen-bond acceptors (Lipinski definition) is 4. The summed E-state index contributed by atoms with van der Waals surface area (Å²) in [6.07, 6.45) is 4.82. The summed E-state index contributed by atoms with van der Waals surface area (Å²) < 4.78 is 6.02. The van der Waals surface area contributed by atoms with Crippen molar-refractivity contribution in [2.45, 2.75) is 64.3 Å². The van der Waals surface area contributed by atoms with Gasteiger partial charge in [-0.15, -0.1) is 0 Å². The molecule has 21 heavy (non-hydrogen) atoms. The monoisotopic (exact) mass is 298 g/mol. The van der Waals surface area contributed by atoms with E-state index in [0.29, 0.717) is 25.4 Å². The smallest absolute Gasteiger partial charge is 0.249 e. The third-order valence-corrected chi connectivity index (χ3v) is 4.75. The van der Waals surface area contributed by atoms with Crippen LogP contribution in [0.15, 0.2) is 0 Å². The zero-order valence-electron chi connectivity index (χ0n) is 13.3. The predicted molar refractivity (Wildman–Crippen MR) is 82.0 cm³/mol. The second-order valence-electron chi connectivity index (χ2n) is 6.66. The third-order valence-electron chi connectivity index (χ3n) is 4.75. The van der Waals surface area contributed by atoms with Crippen molar-refractivity contribution in [3.8, 4) is 0 Å². The SMILES string of the molecule is CCC(OC1CCCC(C)C1)C(=O)NCC1CNCC1O. The van der Waals surface area contributed by atoms with E-state index in [9.17, 15) is 9.90 Å². The highest BCUT2D eigenvalue weighted by atomic mass is 16.5. The Labute approximate surface area is 127 Å². The van der Waals surface area contributed by atoms with E-state index in [1.165, 1.54) is 12.8 Å². The molecule has 0 aromatic rings. The zero-order chi connectivity index (χ0) is 15.2. The molecule has 1 aliphatic carbocycles. The van der Waals surface area contributed by atoms with Gasteiger partial charge < -0.3 is 20.5 Å². The molecule has 0 aromatic heterocycles. The van der Waals surface area contributed by atoms with Gasteiger partial charge in [0.15, 0.2) is 0 Å². The van der Waals surface area contributed by atoms with Crippen molar-refractivity contribution < 1.29 is 14.6 Å². The number of β-amino-alcohol motifs (C(OH)–C–C–N with tert-alkyl or cyclic N) is 1. The number of amides is 1. The van der Waals surface area contributed by atoms with Gasteiger partial charge in [-0.25, -0.2) is 0 Å². The van der Waals surface area contributed by atoms with Crippen LogP contribution in [-0.2, 0) is 9.53 Å². The van der Waals surface area contributed by atoms with Gasteiger partial charge in [-0.05, 0) is 25.2 Å². The molecule has 0 spiro atoms. The van der Waals surface area contributed by atoms with Crippen LogP contribution >= 0.6 is 0 Å². The van der Waals surface area contributed by atoms with E-state index in [1.807, 2.05) is 6.92 Å². The maximum absolute atomic E-state index is 12.3. The molecule has 5 heteroatoms. The number of carbonyl (C=O) groups excluding carboxylic acids is 1. The average molecular weight is 298 g/mol. The molecule has 1 saturated carbocycles. The first kappa shape index (κ1) is 16.7. The van der Waals surface area contributed by atoms with Crippen LogP contribution in [0.1, 0.15) is 46.0 Å². The second-order valence-corrected chi connectivity index (χ2v) is 6.66. The van der Waals surface area contributed by atoms with Crippen molar-refractivity contribution in [1.29, 1.82) is 0 Å². The van der Waals surface area contributed by atoms with Gasteiger partial charge in [-0.3, -0.25) is 4.79 Å². The molecule has 5 atom stereocenters. The molecular formula is C16H30N2O3. The minimum absolute atomic E-state index is 0.0326. The average Bonchev–Trinajstić information content (AvgIpc) is 2.87. The fourth-order valence-electron chi connectivity index (χ4n) is 3.35. The highest BCUT2D eigenvalue weighted by molar-refractivity contribution is 5.80. The Morgan fingerprint density at radius 3 is 2.86 bits per heavy atom. The fourth-order valence-corrected chi connectivity index (χ4v) is 3.35. The first-order valence-corrected chi connectivity index (χ1v) is 8.42. The maximum atomic E-state index is 12.3. The molecule has 5 unspecified atom stereocenters. The lowest BCUT2D eigenvalue weighted by atomic mass is 9.88. The molecule has 2 fully saturated rings. The van der Waals surface area contributed by atoms with Crippen molar-refractivity contribution in [3.05, 3.63) is 0 Å². The molecule has 5 nitrogen and oxygen atoms in total. The number of rotatable bonds is 6. The number of aliphatic hydroxyl groups is 1. The summed E-state index contributed by atoms with van der Waals surface area (Å²) in [5, 5.41) is 15.8. The summed E-state index contributed by atoms with van der Waals surface area (Å²) in [5.74, 6) is 0.778. The van der Waals surface area contributed by atoms with Crippen molar-refractivity contribution in [3.63, 3.8) is 0 Å². The zero-order valence-corrected chi connectivity index (χ0v) is 13.3. The van der Waals surface area contributed by atoms with Gasteiger partial charge in [0, 0.05) is 25.6 Å². The van der Waals surface area contributed by atoms with Crippen LogP contribution < -0.4 is 10.6 Å². The molecule has 0 aromatic carbocycles. The minimum Gasteiger partial charge on any atom is -0.391 e. The fraction of sp³-hybridized carbons (Fsp3) is 0.938. The van der Waals surface area contributed by atoms with Gasteiger partial charge in [0.25, 0.3) is 0 Å². The summed E-state index contributed by atoms with van der Waals surface area (Å²) in [6.45, 7) is 6.15. The van der Waals surface area contributed by atoms with E-state index in [1.54, 1.807) is 0 Å². The van der Waals surface area contributed by atoms with E-state index < -0.39 is 0 Å². The van der Waals surface area contributed by atoms with Crippen molar-refractivity contribution in [2.75, 3.05) is 19.6 Å². The maximum Gasteiger partial charge on any atom is 0.249 e. The molecule has 2 aliphatic rings. The van der Waals surface area contributed by atoms with Crippen LogP contribution in [0.3, 0.4) is 0 Å². The minimum atomic E-state index is -0.356. The van der Waals surface area contributed by atoms with Gasteiger partial charge in [0.2, 0.25) is 5.91 Å². The molecule has 2 rings (SSSR count). The first-order chi connectivity index (χ1) is 10.1. The predicted octanol–water partition coefficient (Wildman–Crippen LogP) is 1.06. The molecule has 1 amide bonds. The standard InChI is InChI=1S/C16H30N2O3/c1-3-15(21-13-6-4-5-11(2)7-13)16(20)18-9-12-8-17-10-14(12)19/h11-15,17,19H,3-10H2,1-2H3,(H,18,20). The van der Waals surface area contributed by atoms with Gasteiger partial charge in [-0.1, -0.05) is 26.7 Å². The van der Waals surface area contributed by atoms with Crippen LogP contribution in [0.2, 0.25) is 0 Å². The summed E-state index contributed by atoms with van der Waals surface area (Å²) in [5.41, 5.74) is 0.